The molecule has 10 nitrogen and oxygen atoms in total. The van der Waals surface area contributed by atoms with Gasteiger partial charge >= 0.3 is 0 Å². The number of likely N-dealkylation sites (N-methyl/N-ethyl adjacent to an activating group) is 1. The van der Waals surface area contributed by atoms with E-state index in [9.17, 15) is 0 Å². The van der Waals surface area contributed by atoms with Crippen molar-refractivity contribution < 1.29 is 0 Å². The van der Waals surface area contributed by atoms with E-state index in [0.717, 1.165) is 89.6 Å². The molecule has 4 heterocycles. The van der Waals surface area contributed by atoms with Gasteiger partial charge in [0, 0.05) is 61.5 Å². The molecule has 6 rings (SSSR count). The summed E-state index contributed by atoms with van der Waals surface area (Å²) in [5.41, 5.74) is 8.68. The van der Waals surface area contributed by atoms with Gasteiger partial charge < -0.3 is 10.2 Å². The summed E-state index contributed by atoms with van der Waals surface area (Å²) in [7, 11) is 6.13. The van der Waals surface area contributed by atoms with Crippen molar-refractivity contribution in [2.45, 2.75) is 39.3 Å². The summed E-state index contributed by atoms with van der Waals surface area (Å²) in [5, 5.41) is 17.3. The fourth-order valence-electron chi connectivity index (χ4n) is 5.11. The molecule has 0 aliphatic heterocycles. The van der Waals surface area contributed by atoms with Crippen molar-refractivity contribution in [3.05, 3.63) is 66.4 Å². The molecule has 1 aromatic carbocycles. The molecule has 0 unspecified atom stereocenters. The molecule has 4 aromatic heterocycles. The Kier molecular flexibility index (Phi) is 6.70. The van der Waals surface area contributed by atoms with E-state index in [1.54, 1.807) is 0 Å². The molecule has 0 fully saturated rings. The van der Waals surface area contributed by atoms with Gasteiger partial charge in [-0.25, -0.2) is 9.97 Å². The number of aryl methyl sites for hydroxylation is 4. The zero-order valence-corrected chi connectivity index (χ0v) is 23.0. The van der Waals surface area contributed by atoms with Crippen LogP contribution in [-0.4, -0.2) is 64.8 Å². The highest BCUT2D eigenvalue weighted by Gasteiger charge is 2.27. The lowest BCUT2D eigenvalue weighted by Crippen LogP contribution is -2.18. The maximum absolute atomic E-state index is 4.97. The maximum Gasteiger partial charge on any atom is 0.228 e. The van der Waals surface area contributed by atoms with E-state index in [1.807, 2.05) is 45.7 Å². The Bertz CT molecular complexity index is 1590. The zero-order chi connectivity index (χ0) is 26.9. The largest absolute Gasteiger partial charge is 0.308 e. The van der Waals surface area contributed by atoms with Crippen molar-refractivity contribution >= 4 is 11.8 Å². The normalized spacial score (nSPS) is 12.5. The molecular formula is C29H34N10. The van der Waals surface area contributed by atoms with Crippen molar-refractivity contribution in [3.8, 4) is 33.6 Å². The fraction of sp³-hybridized carbons (Fsp3) is 0.345. The third-order valence-corrected chi connectivity index (χ3v) is 7.09. The SMILES string of the molecule is CCCn1cc(-c2ccc(-c3c4c(nn3C)CCc3cnc(Nc5ccn(CCN(C)C)n5)nc3-4)cc2)cn1. The number of fused-ring (bicyclic) bond motifs is 3. The fourth-order valence-corrected chi connectivity index (χ4v) is 5.11. The van der Waals surface area contributed by atoms with E-state index < -0.39 is 0 Å². The summed E-state index contributed by atoms with van der Waals surface area (Å²) >= 11 is 0. The van der Waals surface area contributed by atoms with E-state index >= 15 is 0 Å². The standard InChI is InChI=1S/C29H34N10/c1-5-13-39-19-23(18-31-39)20-6-8-21(9-7-20)28-26-24(34-37(28)4)11-10-22-17-30-29(33-27(22)26)32-25-12-14-38(35-25)16-15-36(2)3/h6-9,12,14,17-19H,5,10-11,13,15-16H2,1-4H3,(H,30,32,33,35). The number of anilines is 2. The molecule has 0 bridgehead atoms. The number of aromatic nitrogens is 8. The Balaban J connectivity index is 1.29. The zero-order valence-electron chi connectivity index (χ0n) is 23.0. The van der Waals surface area contributed by atoms with Crippen LogP contribution in [0.4, 0.5) is 11.8 Å². The smallest absolute Gasteiger partial charge is 0.228 e. The third kappa shape index (κ3) is 5.07. The van der Waals surface area contributed by atoms with Gasteiger partial charge in [-0.3, -0.25) is 14.0 Å². The lowest BCUT2D eigenvalue weighted by Gasteiger charge is -2.17. The average Bonchev–Trinajstić information content (AvgIpc) is 3.66. The third-order valence-electron chi connectivity index (χ3n) is 7.09. The molecule has 0 saturated heterocycles. The van der Waals surface area contributed by atoms with Crippen LogP contribution in [0.2, 0.25) is 0 Å². The lowest BCUT2D eigenvalue weighted by atomic mass is 9.91. The number of benzene rings is 1. The van der Waals surface area contributed by atoms with E-state index in [-0.39, 0.29) is 0 Å². The molecule has 0 spiro atoms. The van der Waals surface area contributed by atoms with Gasteiger partial charge in [0.25, 0.3) is 0 Å². The molecule has 5 aromatic rings. The molecule has 1 aliphatic carbocycles. The van der Waals surface area contributed by atoms with Crippen LogP contribution in [0, 0.1) is 0 Å². The van der Waals surface area contributed by atoms with Crippen LogP contribution in [0.3, 0.4) is 0 Å². The Morgan fingerprint density at radius 1 is 0.923 bits per heavy atom. The van der Waals surface area contributed by atoms with Gasteiger partial charge in [0.15, 0.2) is 5.82 Å². The first kappa shape index (κ1) is 25.0. The summed E-state index contributed by atoms with van der Waals surface area (Å²) in [5.74, 6) is 1.27. The van der Waals surface area contributed by atoms with E-state index in [0.29, 0.717) is 5.95 Å². The van der Waals surface area contributed by atoms with Gasteiger partial charge in [-0.15, -0.1) is 0 Å². The summed E-state index contributed by atoms with van der Waals surface area (Å²) in [4.78, 5) is 11.7. The summed E-state index contributed by atoms with van der Waals surface area (Å²) < 4.78 is 5.91. The van der Waals surface area contributed by atoms with Crippen LogP contribution in [-0.2, 0) is 33.0 Å². The van der Waals surface area contributed by atoms with Crippen molar-refractivity contribution in [1.29, 1.82) is 0 Å². The van der Waals surface area contributed by atoms with E-state index in [2.05, 4.69) is 76.9 Å². The highest BCUT2D eigenvalue weighted by Crippen LogP contribution is 2.40. The molecule has 39 heavy (non-hydrogen) atoms. The summed E-state index contributed by atoms with van der Waals surface area (Å²) in [6, 6.07) is 10.6. The Morgan fingerprint density at radius 2 is 1.74 bits per heavy atom. The summed E-state index contributed by atoms with van der Waals surface area (Å²) in [6.07, 6.45) is 10.8. The quantitative estimate of drug-likeness (QED) is 0.306. The van der Waals surface area contributed by atoms with Crippen molar-refractivity contribution in [2.75, 3.05) is 26.0 Å². The monoisotopic (exact) mass is 522 g/mol. The molecule has 0 atom stereocenters. The van der Waals surface area contributed by atoms with Crippen molar-refractivity contribution in [2.24, 2.45) is 7.05 Å². The predicted molar refractivity (Wildman–Crippen MR) is 153 cm³/mol. The van der Waals surface area contributed by atoms with Gasteiger partial charge in [0.1, 0.15) is 0 Å². The minimum absolute atomic E-state index is 0.536. The van der Waals surface area contributed by atoms with Gasteiger partial charge in [-0.05, 0) is 44.5 Å². The van der Waals surface area contributed by atoms with Crippen LogP contribution in [0.15, 0.2) is 55.1 Å². The molecule has 0 amide bonds. The second-order valence-corrected chi connectivity index (χ2v) is 10.3. The second kappa shape index (κ2) is 10.5. The van der Waals surface area contributed by atoms with Crippen molar-refractivity contribution in [1.82, 2.24) is 44.2 Å². The minimum Gasteiger partial charge on any atom is -0.308 e. The summed E-state index contributed by atoms with van der Waals surface area (Å²) in [6.45, 7) is 4.83. The van der Waals surface area contributed by atoms with Gasteiger partial charge in [0.05, 0.1) is 29.8 Å². The number of hydrogen-bond acceptors (Lipinski definition) is 7. The molecule has 0 radical (unpaired) electrons. The van der Waals surface area contributed by atoms with Gasteiger partial charge in [0.2, 0.25) is 5.95 Å². The first-order valence-corrected chi connectivity index (χ1v) is 13.5. The topological polar surface area (TPSA) is 94.5 Å². The van der Waals surface area contributed by atoms with Crippen LogP contribution < -0.4 is 5.32 Å². The van der Waals surface area contributed by atoms with Crippen LogP contribution in [0.5, 0.6) is 0 Å². The molecule has 0 saturated carbocycles. The Hall–Kier alpha value is -4.31. The first-order valence-electron chi connectivity index (χ1n) is 13.5. The van der Waals surface area contributed by atoms with E-state index in [4.69, 9.17) is 10.1 Å². The average molecular weight is 523 g/mol. The molecule has 1 N–H and O–H groups in total. The van der Waals surface area contributed by atoms with Crippen LogP contribution in [0.25, 0.3) is 33.6 Å². The van der Waals surface area contributed by atoms with E-state index in [1.165, 1.54) is 0 Å². The number of hydrogen-bond donors (Lipinski definition) is 1. The highest BCUT2D eigenvalue weighted by molar-refractivity contribution is 5.85. The highest BCUT2D eigenvalue weighted by atomic mass is 15.3. The minimum atomic E-state index is 0.536. The predicted octanol–water partition coefficient (Wildman–Crippen LogP) is 4.42. The lowest BCUT2D eigenvalue weighted by molar-refractivity contribution is 0.373. The number of nitrogens with zero attached hydrogens (tertiary/aromatic N) is 9. The Labute approximate surface area is 228 Å². The first-order chi connectivity index (χ1) is 19.0. The number of nitrogens with one attached hydrogen (secondary N) is 1. The molecule has 10 heteroatoms. The van der Waals surface area contributed by atoms with Gasteiger partial charge in [-0.2, -0.15) is 15.3 Å². The van der Waals surface area contributed by atoms with Crippen LogP contribution >= 0.6 is 0 Å². The van der Waals surface area contributed by atoms with Gasteiger partial charge in [-0.1, -0.05) is 31.2 Å². The van der Waals surface area contributed by atoms with Crippen LogP contribution in [0.1, 0.15) is 24.6 Å². The molecule has 200 valence electrons. The van der Waals surface area contributed by atoms with Crippen molar-refractivity contribution in [3.63, 3.8) is 0 Å². The molecule has 1 aliphatic rings. The second-order valence-electron chi connectivity index (χ2n) is 10.3. The number of rotatable bonds is 9. The molecular weight excluding hydrogens is 488 g/mol. The Morgan fingerprint density at radius 3 is 2.54 bits per heavy atom. The maximum atomic E-state index is 4.97.